The number of hydrogen-bond acceptors (Lipinski definition) is 6. The summed E-state index contributed by atoms with van der Waals surface area (Å²) in [6.07, 6.45) is 1.27. The molecule has 9 heteroatoms. The Hall–Kier alpha value is -1.00. The van der Waals surface area contributed by atoms with Crippen molar-refractivity contribution >= 4 is 27.3 Å². The minimum absolute atomic E-state index is 0.199. The number of nitrogens with zero attached hydrogens (tertiary/aromatic N) is 2. The van der Waals surface area contributed by atoms with Crippen LogP contribution in [0.15, 0.2) is 21.7 Å². The van der Waals surface area contributed by atoms with Gasteiger partial charge in [-0.2, -0.15) is 4.31 Å². The molecule has 2 aliphatic rings. The van der Waals surface area contributed by atoms with E-state index in [-0.39, 0.29) is 11.4 Å². The van der Waals surface area contributed by atoms with E-state index >= 15 is 0 Å². The van der Waals surface area contributed by atoms with Crippen LogP contribution in [0.2, 0.25) is 0 Å². The normalized spacial score (nSPS) is 23.2. The first-order chi connectivity index (χ1) is 12.3. The summed E-state index contributed by atoms with van der Waals surface area (Å²) in [5.41, 5.74) is -0.199. The van der Waals surface area contributed by atoms with Gasteiger partial charge in [0.2, 0.25) is 5.91 Å². The van der Waals surface area contributed by atoms with Crippen molar-refractivity contribution in [3.63, 3.8) is 0 Å². The molecule has 1 atom stereocenters. The van der Waals surface area contributed by atoms with Gasteiger partial charge in [-0.15, -0.1) is 11.3 Å². The van der Waals surface area contributed by atoms with Crippen molar-refractivity contribution in [2.24, 2.45) is 0 Å². The van der Waals surface area contributed by atoms with Crippen LogP contribution in [0, 0.1) is 0 Å². The summed E-state index contributed by atoms with van der Waals surface area (Å²) in [6.45, 7) is 8.14. The lowest BCUT2D eigenvalue weighted by molar-refractivity contribution is -0.125. The van der Waals surface area contributed by atoms with Gasteiger partial charge in [0.05, 0.1) is 13.2 Å². The van der Waals surface area contributed by atoms with E-state index in [4.69, 9.17) is 4.74 Å². The van der Waals surface area contributed by atoms with Gasteiger partial charge in [-0.05, 0) is 38.1 Å². The Morgan fingerprint density at radius 2 is 2.08 bits per heavy atom. The molecule has 3 rings (SSSR count). The number of nitrogens with one attached hydrogen (secondary N) is 1. The molecule has 0 radical (unpaired) electrons. The van der Waals surface area contributed by atoms with Gasteiger partial charge in [0, 0.05) is 31.7 Å². The minimum Gasteiger partial charge on any atom is -0.379 e. The second-order valence-electron chi connectivity index (χ2n) is 7.34. The molecule has 3 heterocycles. The Kier molecular flexibility index (Phi) is 6.03. The number of amides is 1. The van der Waals surface area contributed by atoms with Crippen LogP contribution >= 0.6 is 11.3 Å². The van der Waals surface area contributed by atoms with Crippen LogP contribution < -0.4 is 5.32 Å². The highest BCUT2D eigenvalue weighted by Gasteiger charge is 2.40. The monoisotopic (exact) mass is 401 g/mol. The van der Waals surface area contributed by atoms with Crippen LogP contribution in [-0.4, -0.2) is 74.5 Å². The Balaban J connectivity index is 1.63. The molecule has 1 amide bonds. The highest BCUT2D eigenvalue weighted by Crippen LogP contribution is 2.28. The Morgan fingerprint density at radius 1 is 1.35 bits per heavy atom. The maximum atomic E-state index is 12.8. The van der Waals surface area contributed by atoms with Crippen LogP contribution in [0.1, 0.15) is 26.7 Å². The first-order valence-electron chi connectivity index (χ1n) is 8.98. The fraction of sp³-hybridized carbons (Fsp3) is 0.706. The van der Waals surface area contributed by atoms with E-state index in [1.165, 1.54) is 15.6 Å². The number of carbonyl (C=O) groups is 1. The zero-order valence-electron chi connectivity index (χ0n) is 15.3. The largest absolute Gasteiger partial charge is 0.379 e. The van der Waals surface area contributed by atoms with Crippen LogP contribution in [0.5, 0.6) is 0 Å². The quantitative estimate of drug-likeness (QED) is 0.773. The zero-order valence-corrected chi connectivity index (χ0v) is 16.9. The lowest BCUT2D eigenvalue weighted by Crippen LogP contribution is -2.57. The standard InChI is InChI=1S/C17H27N3O4S2/c1-17(2,19-8-10-24-11-9-19)13-18-16(21)14-5-3-7-20(14)26(22,23)15-6-4-12-25-15/h4,6,12,14H,3,5,7-11,13H2,1-2H3,(H,18,21). The van der Waals surface area contributed by atoms with Gasteiger partial charge in [0.25, 0.3) is 10.0 Å². The Morgan fingerprint density at radius 3 is 2.73 bits per heavy atom. The van der Waals surface area contributed by atoms with Gasteiger partial charge in [0.15, 0.2) is 0 Å². The van der Waals surface area contributed by atoms with E-state index in [9.17, 15) is 13.2 Å². The predicted molar refractivity (Wildman–Crippen MR) is 101 cm³/mol. The van der Waals surface area contributed by atoms with Gasteiger partial charge >= 0.3 is 0 Å². The predicted octanol–water partition coefficient (Wildman–Crippen LogP) is 1.13. The van der Waals surface area contributed by atoms with Gasteiger partial charge in [-0.3, -0.25) is 9.69 Å². The smallest absolute Gasteiger partial charge is 0.253 e. The summed E-state index contributed by atoms with van der Waals surface area (Å²) in [6, 6.07) is 2.69. The molecule has 0 aromatic carbocycles. The first kappa shape index (κ1) is 19.8. The fourth-order valence-corrected chi connectivity index (χ4v) is 6.29. The number of ether oxygens (including phenoxy) is 1. The summed E-state index contributed by atoms with van der Waals surface area (Å²) in [7, 11) is -3.60. The lowest BCUT2D eigenvalue weighted by Gasteiger charge is -2.41. The van der Waals surface area contributed by atoms with Crippen LogP contribution in [-0.2, 0) is 19.6 Å². The highest BCUT2D eigenvalue weighted by molar-refractivity contribution is 7.91. The minimum atomic E-state index is -3.60. The number of sulfonamides is 1. The molecule has 0 bridgehead atoms. The summed E-state index contributed by atoms with van der Waals surface area (Å²) in [5, 5.41) is 4.72. The summed E-state index contributed by atoms with van der Waals surface area (Å²) >= 11 is 1.19. The maximum Gasteiger partial charge on any atom is 0.253 e. The molecule has 0 saturated carbocycles. The van der Waals surface area contributed by atoms with Gasteiger partial charge in [0.1, 0.15) is 10.3 Å². The number of rotatable bonds is 6. The second kappa shape index (κ2) is 7.93. The van der Waals surface area contributed by atoms with Gasteiger partial charge in [-0.25, -0.2) is 8.42 Å². The Labute approximate surface area is 159 Å². The molecule has 7 nitrogen and oxygen atoms in total. The Bertz CT molecular complexity index is 712. The van der Waals surface area contributed by atoms with E-state index in [1.807, 2.05) is 0 Å². The number of thiophene rings is 1. The van der Waals surface area contributed by atoms with Crippen molar-refractivity contribution in [1.82, 2.24) is 14.5 Å². The molecule has 146 valence electrons. The maximum absolute atomic E-state index is 12.8. The summed E-state index contributed by atoms with van der Waals surface area (Å²) < 4.78 is 32.6. The van der Waals surface area contributed by atoms with Gasteiger partial charge in [-0.1, -0.05) is 6.07 Å². The molecule has 1 N–H and O–H groups in total. The number of carbonyl (C=O) groups excluding carboxylic acids is 1. The molecule has 2 fully saturated rings. The lowest BCUT2D eigenvalue weighted by atomic mass is 10.0. The first-order valence-corrected chi connectivity index (χ1v) is 11.3. The molecule has 2 saturated heterocycles. The van der Waals surface area contributed by atoms with Crippen LogP contribution in [0.25, 0.3) is 0 Å². The SMILES string of the molecule is CC(C)(CNC(=O)C1CCCN1S(=O)(=O)c1cccs1)N1CCOCC1. The molecule has 1 aromatic rings. The molecule has 0 spiro atoms. The molecule has 1 unspecified atom stereocenters. The van der Waals surface area contributed by atoms with Crippen molar-refractivity contribution in [3.05, 3.63) is 17.5 Å². The van der Waals surface area contributed by atoms with E-state index in [1.54, 1.807) is 17.5 Å². The van der Waals surface area contributed by atoms with Crippen molar-refractivity contribution < 1.29 is 17.9 Å². The van der Waals surface area contributed by atoms with Crippen molar-refractivity contribution in [2.45, 2.75) is 42.5 Å². The average Bonchev–Trinajstić information content (AvgIpc) is 3.32. The summed E-state index contributed by atoms with van der Waals surface area (Å²) in [4.78, 5) is 15.0. The molecular formula is C17H27N3O4S2. The van der Waals surface area contributed by atoms with E-state index in [0.717, 1.165) is 13.1 Å². The van der Waals surface area contributed by atoms with Crippen LogP contribution in [0.4, 0.5) is 0 Å². The summed E-state index contributed by atoms with van der Waals surface area (Å²) in [5.74, 6) is -0.205. The van der Waals surface area contributed by atoms with Crippen molar-refractivity contribution in [2.75, 3.05) is 39.4 Å². The molecule has 1 aromatic heterocycles. The zero-order chi connectivity index (χ0) is 18.8. The third-order valence-corrected chi connectivity index (χ3v) is 8.41. The average molecular weight is 402 g/mol. The van der Waals surface area contributed by atoms with E-state index < -0.39 is 16.1 Å². The van der Waals surface area contributed by atoms with Gasteiger partial charge < -0.3 is 10.1 Å². The molecule has 0 aliphatic carbocycles. The van der Waals surface area contributed by atoms with Crippen molar-refractivity contribution in [3.8, 4) is 0 Å². The number of morpholine rings is 1. The second-order valence-corrected chi connectivity index (χ2v) is 10.4. The van der Waals surface area contributed by atoms with E-state index in [0.29, 0.717) is 43.4 Å². The fourth-order valence-electron chi connectivity index (χ4n) is 3.52. The van der Waals surface area contributed by atoms with E-state index in [2.05, 4.69) is 24.1 Å². The molecular weight excluding hydrogens is 374 g/mol. The third-order valence-electron chi connectivity index (χ3n) is 5.13. The molecule has 26 heavy (non-hydrogen) atoms. The van der Waals surface area contributed by atoms with Crippen molar-refractivity contribution in [1.29, 1.82) is 0 Å². The van der Waals surface area contributed by atoms with Crippen LogP contribution in [0.3, 0.4) is 0 Å². The highest BCUT2D eigenvalue weighted by atomic mass is 32.2. The number of hydrogen-bond donors (Lipinski definition) is 1. The topological polar surface area (TPSA) is 79.0 Å². The molecule has 2 aliphatic heterocycles. The third kappa shape index (κ3) is 4.12.